The minimum atomic E-state index is -0.909. The molecule has 0 aromatic heterocycles. The molecule has 26 heavy (non-hydrogen) atoms. The number of terminal acetylenes is 1. The Kier molecular flexibility index (Phi) is 4.23. The van der Waals surface area contributed by atoms with Gasteiger partial charge in [-0.15, -0.1) is 6.42 Å². The maximum absolute atomic E-state index is 11.4. The highest BCUT2D eigenvalue weighted by atomic mass is 16.5. The van der Waals surface area contributed by atoms with E-state index >= 15 is 0 Å². The van der Waals surface area contributed by atoms with Crippen molar-refractivity contribution in [3.8, 4) is 12.3 Å². The Morgan fingerprint density at radius 1 is 1.08 bits per heavy atom. The summed E-state index contributed by atoms with van der Waals surface area (Å²) in [5.41, 5.74) is -0.661. The number of ether oxygens (including phenoxy) is 1. The Labute approximate surface area is 158 Å². The van der Waals surface area contributed by atoms with E-state index in [0.717, 1.165) is 38.0 Å². The molecule has 0 aromatic rings. The minimum absolute atomic E-state index is 0.110. The largest absolute Gasteiger partial charge is 0.463 e. The fourth-order valence-electron chi connectivity index (χ4n) is 7.81. The van der Waals surface area contributed by atoms with Gasteiger partial charge in [0, 0.05) is 12.3 Å². The van der Waals surface area contributed by atoms with E-state index in [1.54, 1.807) is 0 Å². The first-order valence-corrected chi connectivity index (χ1v) is 10.6. The molecule has 0 amide bonds. The van der Waals surface area contributed by atoms with Gasteiger partial charge in [0.05, 0.1) is 0 Å². The summed E-state index contributed by atoms with van der Waals surface area (Å²) in [5, 5.41) is 11.1. The average Bonchev–Trinajstić information content (AvgIpc) is 2.87. The molecule has 4 aliphatic carbocycles. The Morgan fingerprint density at radius 3 is 2.50 bits per heavy atom. The summed E-state index contributed by atoms with van der Waals surface area (Å²) in [6.45, 7) is 6.29. The third-order valence-electron chi connectivity index (χ3n) is 9.34. The molecule has 0 radical (unpaired) electrons. The van der Waals surface area contributed by atoms with Gasteiger partial charge in [-0.1, -0.05) is 19.8 Å². The second kappa shape index (κ2) is 5.99. The molecule has 3 heteroatoms. The van der Waals surface area contributed by atoms with E-state index in [0.29, 0.717) is 23.2 Å². The van der Waals surface area contributed by atoms with Crippen LogP contribution in [0, 0.1) is 46.8 Å². The normalized spacial score (nSPS) is 53.0. The third kappa shape index (κ3) is 2.40. The molecule has 4 aliphatic rings. The van der Waals surface area contributed by atoms with Crippen molar-refractivity contribution in [3.63, 3.8) is 0 Å². The molecule has 0 aromatic carbocycles. The van der Waals surface area contributed by atoms with Gasteiger partial charge in [-0.05, 0) is 86.9 Å². The molecule has 4 fully saturated rings. The van der Waals surface area contributed by atoms with Crippen molar-refractivity contribution in [2.45, 2.75) is 90.3 Å². The van der Waals surface area contributed by atoms with Gasteiger partial charge in [-0.3, -0.25) is 4.79 Å². The summed E-state index contributed by atoms with van der Waals surface area (Å²) in [4.78, 5) is 11.4. The molecule has 144 valence electrons. The fraction of sp³-hybridized carbons (Fsp3) is 0.870. The summed E-state index contributed by atoms with van der Waals surface area (Å²) in [5.74, 6) is 5.29. The van der Waals surface area contributed by atoms with Gasteiger partial charge in [-0.2, -0.15) is 0 Å². The zero-order chi connectivity index (χ0) is 18.7. The number of carbonyl (C=O) groups excluding carboxylic acids is 1. The molecular weight excluding hydrogens is 324 g/mol. The zero-order valence-corrected chi connectivity index (χ0v) is 16.6. The maximum atomic E-state index is 11.4. The number of esters is 1. The van der Waals surface area contributed by atoms with E-state index < -0.39 is 5.60 Å². The summed E-state index contributed by atoms with van der Waals surface area (Å²) < 4.78 is 5.55. The van der Waals surface area contributed by atoms with E-state index in [2.05, 4.69) is 19.8 Å². The maximum Gasteiger partial charge on any atom is 0.302 e. The zero-order valence-electron chi connectivity index (χ0n) is 16.6. The molecule has 3 nitrogen and oxygen atoms in total. The van der Waals surface area contributed by atoms with Gasteiger partial charge in [-0.25, -0.2) is 0 Å². The van der Waals surface area contributed by atoms with Crippen molar-refractivity contribution in [2.75, 3.05) is 0 Å². The van der Waals surface area contributed by atoms with Crippen molar-refractivity contribution in [2.24, 2.45) is 34.5 Å². The summed E-state index contributed by atoms with van der Waals surface area (Å²) >= 11 is 0. The predicted molar refractivity (Wildman–Crippen MR) is 101 cm³/mol. The van der Waals surface area contributed by atoms with Crippen molar-refractivity contribution >= 4 is 5.97 Å². The monoisotopic (exact) mass is 358 g/mol. The van der Waals surface area contributed by atoms with Gasteiger partial charge in [0.2, 0.25) is 0 Å². The summed E-state index contributed by atoms with van der Waals surface area (Å²) in [6, 6.07) is 0. The molecule has 4 saturated carbocycles. The Morgan fingerprint density at radius 2 is 1.81 bits per heavy atom. The molecular formula is C23H34O3. The van der Waals surface area contributed by atoms with Gasteiger partial charge < -0.3 is 9.84 Å². The highest BCUT2D eigenvalue weighted by Gasteiger charge is 2.64. The van der Waals surface area contributed by atoms with E-state index in [9.17, 15) is 9.90 Å². The molecule has 0 aliphatic heterocycles. The molecule has 0 spiro atoms. The average molecular weight is 359 g/mol. The quantitative estimate of drug-likeness (QED) is 0.561. The SMILES string of the molecule is C#C[C@]1(O)CC[C@@H]2[C@H]3CC[C@H]4C[C@@H](OC(C)=O)CC[C@]4(C)[C@@H]3CC[C@@]21C. The number of fused-ring (bicyclic) bond motifs is 5. The number of rotatable bonds is 1. The number of hydrogen-bond donors (Lipinski definition) is 1. The Hall–Kier alpha value is -1.01. The van der Waals surface area contributed by atoms with Crippen LogP contribution < -0.4 is 0 Å². The highest BCUT2D eigenvalue weighted by Crippen LogP contribution is 2.68. The lowest BCUT2D eigenvalue weighted by Gasteiger charge is -2.61. The van der Waals surface area contributed by atoms with Crippen molar-refractivity contribution in [1.29, 1.82) is 0 Å². The number of carbonyl (C=O) groups is 1. The number of aliphatic hydroxyl groups is 1. The smallest absolute Gasteiger partial charge is 0.302 e. The van der Waals surface area contributed by atoms with Crippen LogP contribution in [-0.4, -0.2) is 22.8 Å². The second-order valence-electron chi connectivity index (χ2n) is 10.2. The van der Waals surface area contributed by atoms with Crippen LogP contribution in [-0.2, 0) is 9.53 Å². The summed E-state index contributed by atoms with van der Waals surface area (Å²) in [6.07, 6.45) is 15.7. The van der Waals surface area contributed by atoms with E-state index in [1.807, 2.05) is 0 Å². The van der Waals surface area contributed by atoms with Crippen LogP contribution in [0.3, 0.4) is 0 Å². The molecule has 0 heterocycles. The first-order valence-electron chi connectivity index (χ1n) is 10.6. The first-order chi connectivity index (χ1) is 12.2. The molecule has 0 saturated heterocycles. The van der Waals surface area contributed by atoms with E-state index in [4.69, 9.17) is 11.2 Å². The van der Waals surface area contributed by atoms with Gasteiger partial charge in [0.25, 0.3) is 0 Å². The third-order valence-corrected chi connectivity index (χ3v) is 9.34. The molecule has 8 atom stereocenters. The van der Waals surface area contributed by atoms with Crippen LogP contribution in [0.25, 0.3) is 0 Å². The molecule has 4 rings (SSSR count). The molecule has 0 unspecified atom stereocenters. The lowest BCUT2D eigenvalue weighted by Crippen LogP contribution is -2.56. The summed E-state index contributed by atoms with van der Waals surface area (Å²) in [7, 11) is 0. The van der Waals surface area contributed by atoms with E-state index in [1.165, 1.54) is 32.6 Å². The topological polar surface area (TPSA) is 46.5 Å². The molecule has 1 N–H and O–H groups in total. The lowest BCUT2D eigenvalue weighted by atomic mass is 9.44. The highest BCUT2D eigenvalue weighted by molar-refractivity contribution is 5.66. The molecule has 0 bridgehead atoms. The standard InChI is InChI=1S/C23H34O3/c1-5-23(25)13-10-20-18-7-6-16-14-17(26-15(2)24)8-11-21(16,3)19(18)9-12-22(20,23)4/h1,16-20,25H,6-14H2,2-4H3/t16-,17-,18-,19+,20+,21-,22-,23-/m0/s1. The van der Waals surface area contributed by atoms with Crippen LogP contribution in [0.2, 0.25) is 0 Å². The van der Waals surface area contributed by atoms with E-state index in [-0.39, 0.29) is 17.5 Å². The van der Waals surface area contributed by atoms with Crippen LogP contribution in [0.15, 0.2) is 0 Å². The van der Waals surface area contributed by atoms with Gasteiger partial charge in [0.15, 0.2) is 0 Å². The predicted octanol–water partition coefficient (Wildman–Crippen LogP) is 4.33. The van der Waals surface area contributed by atoms with Crippen LogP contribution in [0.4, 0.5) is 0 Å². The Balaban J connectivity index is 1.56. The number of hydrogen-bond acceptors (Lipinski definition) is 3. The fourth-order valence-corrected chi connectivity index (χ4v) is 7.81. The second-order valence-corrected chi connectivity index (χ2v) is 10.2. The minimum Gasteiger partial charge on any atom is -0.463 e. The van der Waals surface area contributed by atoms with Crippen LogP contribution in [0.5, 0.6) is 0 Å². The van der Waals surface area contributed by atoms with Crippen molar-refractivity contribution < 1.29 is 14.6 Å². The van der Waals surface area contributed by atoms with Gasteiger partial charge in [0.1, 0.15) is 11.7 Å². The van der Waals surface area contributed by atoms with Crippen LogP contribution >= 0.6 is 0 Å². The van der Waals surface area contributed by atoms with Crippen molar-refractivity contribution in [3.05, 3.63) is 0 Å². The van der Waals surface area contributed by atoms with Crippen LogP contribution in [0.1, 0.15) is 78.6 Å². The first kappa shape index (κ1) is 18.4. The lowest BCUT2D eigenvalue weighted by molar-refractivity contribution is -0.163. The Bertz CT molecular complexity index is 636. The van der Waals surface area contributed by atoms with Gasteiger partial charge >= 0.3 is 5.97 Å². The van der Waals surface area contributed by atoms with Crippen molar-refractivity contribution in [1.82, 2.24) is 0 Å².